The molecule has 0 amide bonds. The van der Waals surface area contributed by atoms with Gasteiger partial charge in [-0.3, -0.25) is 0 Å². The number of hydrogen-bond donors (Lipinski definition) is 0. The molecule has 0 aromatic rings. The molecule has 0 aromatic heterocycles. The van der Waals surface area contributed by atoms with Gasteiger partial charge in [-0.25, -0.2) is 23.0 Å². The van der Waals surface area contributed by atoms with Crippen molar-refractivity contribution >= 4 is 0 Å². The van der Waals surface area contributed by atoms with Crippen LogP contribution in [0.15, 0.2) is 23.3 Å². The van der Waals surface area contributed by atoms with Crippen LogP contribution in [-0.4, -0.2) is 84.5 Å². The summed E-state index contributed by atoms with van der Waals surface area (Å²) in [5.74, 6) is -74.3. The van der Waals surface area contributed by atoms with Crippen LogP contribution in [0.4, 0.5) is 149 Å². The molecule has 0 fully saturated rings. The SMILES string of the molecule is FC(=C(F)C(F)(F)C(F)(F)C(F)(F)OC(F)(F)C(F)(F)C(F)(F)F)C(F)(F)OC(F)(F)C(F)=C(F)C(F)(F)C(F)(F)C(F)(F)OC(F)(F)C(F)(F)C(F)(F)F. The molecule has 3 nitrogen and oxygen atoms in total. The maximum Gasteiger partial charge on any atom is 0.462 e. The summed E-state index contributed by atoms with van der Waals surface area (Å²) in [5, 5.41) is 0. The molecule has 0 aliphatic carbocycles. The number of halogens is 34. The van der Waals surface area contributed by atoms with Crippen LogP contribution in [0.2, 0.25) is 0 Å². The third-order valence-electron chi connectivity index (χ3n) is 5.18. The van der Waals surface area contributed by atoms with Crippen molar-refractivity contribution in [2.45, 2.75) is 84.5 Å². The minimum Gasteiger partial charge on any atom is -0.245 e. The molecular weight excluding hydrogens is 910 g/mol. The second kappa shape index (κ2) is 13.8. The van der Waals surface area contributed by atoms with Gasteiger partial charge < -0.3 is 0 Å². The second-order valence-electron chi connectivity index (χ2n) is 9.10. The minimum atomic E-state index is -8.76. The predicted octanol–water partition coefficient (Wildman–Crippen LogP) is 11.8. The van der Waals surface area contributed by atoms with Gasteiger partial charge in [0.25, 0.3) is 0 Å². The van der Waals surface area contributed by atoms with E-state index in [1.807, 2.05) is 0 Å². The molecule has 0 heterocycles. The number of ether oxygens (including phenoxy) is 3. The minimum absolute atomic E-state index is 0.925. The Morgan fingerprint density at radius 2 is 0.418 bits per heavy atom. The zero-order chi connectivity index (χ0) is 45.4. The third-order valence-corrected chi connectivity index (χ3v) is 5.18. The van der Waals surface area contributed by atoms with Crippen molar-refractivity contribution < 1.29 is 163 Å². The van der Waals surface area contributed by atoms with Crippen molar-refractivity contribution in [2.24, 2.45) is 0 Å². The molecule has 328 valence electrons. The van der Waals surface area contributed by atoms with Crippen molar-refractivity contribution in [1.82, 2.24) is 0 Å². The summed E-state index contributed by atoms with van der Waals surface area (Å²) in [7, 11) is 0. The molecule has 0 N–H and O–H groups in total. The highest BCUT2D eigenvalue weighted by atomic mass is 19.4. The lowest BCUT2D eigenvalue weighted by Crippen LogP contribution is -2.62. The van der Waals surface area contributed by atoms with Gasteiger partial charge in [0.15, 0.2) is 0 Å². The lowest BCUT2D eigenvalue weighted by Gasteiger charge is -2.36. The molecule has 0 aliphatic heterocycles. The number of rotatable bonds is 16. The van der Waals surface area contributed by atoms with Crippen LogP contribution in [0, 0.1) is 0 Å². The lowest BCUT2D eigenvalue weighted by atomic mass is 10.1. The van der Waals surface area contributed by atoms with Crippen LogP contribution >= 0.6 is 0 Å². The molecule has 55 heavy (non-hydrogen) atoms. The van der Waals surface area contributed by atoms with Crippen LogP contribution < -0.4 is 0 Å². The molecule has 0 aliphatic rings. The van der Waals surface area contributed by atoms with Crippen LogP contribution in [0.1, 0.15) is 0 Å². The Kier molecular flexibility index (Phi) is 13.1. The molecule has 0 atom stereocenters. The van der Waals surface area contributed by atoms with Crippen molar-refractivity contribution in [3.05, 3.63) is 23.3 Å². The highest BCUT2D eigenvalue weighted by Crippen LogP contribution is 2.59. The highest BCUT2D eigenvalue weighted by Gasteiger charge is 2.84. The van der Waals surface area contributed by atoms with Gasteiger partial charge in [-0.2, -0.15) is 140 Å². The number of hydrogen-bond acceptors (Lipinski definition) is 3. The van der Waals surface area contributed by atoms with E-state index >= 15 is 0 Å². The van der Waals surface area contributed by atoms with E-state index in [1.54, 1.807) is 0 Å². The smallest absolute Gasteiger partial charge is 0.245 e. The van der Waals surface area contributed by atoms with Gasteiger partial charge in [-0.1, -0.05) is 0 Å². The van der Waals surface area contributed by atoms with Gasteiger partial charge in [-0.05, 0) is 0 Å². The Hall–Kier alpha value is -3.02. The molecular formula is C18F34O3. The topological polar surface area (TPSA) is 27.7 Å². The van der Waals surface area contributed by atoms with E-state index < -0.39 is 108 Å². The van der Waals surface area contributed by atoms with Crippen molar-refractivity contribution in [3.8, 4) is 0 Å². The Morgan fingerprint density at radius 1 is 0.236 bits per heavy atom. The Bertz CT molecular complexity index is 1350. The first kappa shape index (κ1) is 52.0. The van der Waals surface area contributed by atoms with Crippen molar-refractivity contribution in [2.75, 3.05) is 0 Å². The molecule has 0 aromatic carbocycles. The summed E-state index contributed by atoms with van der Waals surface area (Å²) < 4.78 is 446. The fraction of sp³-hybridized carbons (Fsp3) is 0.778. The van der Waals surface area contributed by atoms with E-state index in [4.69, 9.17) is 0 Å². The fourth-order valence-corrected chi connectivity index (χ4v) is 2.33. The van der Waals surface area contributed by atoms with Gasteiger partial charge in [0.1, 0.15) is 0 Å². The van der Waals surface area contributed by atoms with Crippen LogP contribution in [0.5, 0.6) is 0 Å². The highest BCUT2D eigenvalue weighted by molar-refractivity contribution is 5.22. The molecule has 0 unspecified atom stereocenters. The van der Waals surface area contributed by atoms with Gasteiger partial charge in [0.05, 0.1) is 0 Å². The van der Waals surface area contributed by atoms with Crippen molar-refractivity contribution in [1.29, 1.82) is 0 Å². The van der Waals surface area contributed by atoms with E-state index in [0.717, 1.165) is 9.47 Å². The summed E-state index contributed by atoms with van der Waals surface area (Å²) in [6.45, 7) is 0. The molecule has 0 bridgehead atoms. The molecule has 37 heteroatoms. The average Bonchev–Trinajstić information content (AvgIpc) is 2.91. The van der Waals surface area contributed by atoms with E-state index in [1.165, 1.54) is 4.74 Å². The monoisotopic (exact) mass is 910 g/mol. The zero-order valence-electron chi connectivity index (χ0n) is 23.1. The van der Waals surface area contributed by atoms with E-state index in [0.29, 0.717) is 0 Å². The summed E-state index contributed by atoms with van der Waals surface area (Å²) in [4.78, 5) is 0. The average molecular weight is 910 g/mol. The second-order valence-corrected chi connectivity index (χ2v) is 9.10. The number of allylic oxidation sites excluding steroid dienone is 2. The van der Waals surface area contributed by atoms with E-state index in [-0.39, 0.29) is 0 Å². The number of alkyl halides is 30. The molecule has 0 spiro atoms. The Labute approximate surface area is 273 Å². The fourth-order valence-electron chi connectivity index (χ4n) is 2.33. The molecule has 0 saturated carbocycles. The van der Waals surface area contributed by atoms with Crippen LogP contribution in [0.25, 0.3) is 0 Å². The summed E-state index contributed by atoms with van der Waals surface area (Å²) in [6.07, 6.45) is -65.3. The summed E-state index contributed by atoms with van der Waals surface area (Å²) in [6, 6.07) is 0. The van der Waals surface area contributed by atoms with Crippen molar-refractivity contribution in [3.63, 3.8) is 0 Å². The first-order valence-corrected chi connectivity index (χ1v) is 11.2. The largest absolute Gasteiger partial charge is 0.462 e. The Balaban J connectivity index is 7.03. The molecule has 0 rings (SSSR count). The van der Waals surface area contributed by atoms with E-state index in [9.17, 15) is 149 Å². The van der Waals surface area contributed by atoms with Gasteiger partial charge in [-0.15, -0.1) is 0 Å². The van der Waals surface area contributed by atoms with Gasteiger partial charge in [0, 0.05) is 0 Å². The maximum absolute atomic E-state index is 13.6. The summed E-state index contributed by atoms with van der Waals surface area (Å²) >= 11 is 0. The zero-order valence-corrected chi connectivity index (χ0v) is 23.1. The van der Waals surface area contributed by atoms with Gasteiger partial charge in [0.2, 0.25) is 23.3 Å². The predicted molar refractivity (Wildman–Crippen MR) is 93.2 cm³/mol. The maximum atomic E-state index is 13.6. The van der Waals surface area contributed by atoms with Crippen LogP contribution in [-0.2, 0) is 14.2 Å². The summed E-state index contributed by atoms with van der Waals surface area (Å²) in [5.41, 5.74) is 0. The standard InChI is InChI=1S/C18F34O3/c19-1(5(23,24)9(31,32)15(45,46)54-17(49,50)11(35,36)13(39,40)41)3(21)7(27,28)53-8(29,30)4(22)2(20)6(25,26)10(33,34)16(47,48)55-18(51,52)12(37,38)14(42,43)44. The Morgan fingerprint density at radius 3 is 0.600 bits per heavy atom. The molecule has 0 radical (unpaired) electrons. The molecule has 0 saturated heterocycles. The van der Waals surface area contributed by atoms with E-state index in [2.05, 4.69) is 0 Å². The normalized spacial score (nSPS) is 17.3. The first-order valence-electron chi connectivity index (χ1n) is 11.2. The quantitative estimate of drug-likeness (QED) is 0.144. The van der Waals surface area contributed by atoms with Gasteiger partial charge >= 0.3 is 84.5 Å². The first-order chi connectivity index (χ1) is 23.3. The lowest BCUT2D eigenvalue weighted by molar-refractivity contribution is -0.507. The third kappa shape index (κ3) is 8.64. The van der Waals surface area contributed by atoms with Crippen LogP contribution in [0.3, 0.4) is 0 Å².